The zero-order valence-corrected chi connectivity index (χ0v) is 12.8. The quantitative estimate of drug-likeness (QED) is 0.683. The molecule has 0 aliphatic rings. The van der Waals surface area contributed by atoms with Crippen LogP contribution in [0.4, 0.5) is 5.69 Å². The predicted octanol–water partition coefficient (Wildman–Crippen LogP) is 3.69. The maximum atomic E-state index is 4.24. The first kappa shape index (κ1) is 13.1. The van der Waals surface area contributed by atoms with Crippen LogP contribution in [0.5, 0.6) is 0 Å². The van der Waals surface area contributed by atoms with E-state index in [4.69, 9.17) is 0 Å². The summed E-state index contributed by atoms with van der Waals surface area (Å²) < 4.78 is 1.19. The Hall–Kier alpha value is -1.89. The highest BCUT2D eigenvalue weighted by molar-refractivity contribution is 14.1. The Balaban J connectivity index is 1.80. The molecule has 0 unspecified atom stereocenters. The number of rotatable bonds is 4. The van der Waals surface area contributed by atoms with Gasteiger partial charge in [0.25, 0.3) is 0 Å². The first-order valence-electron chi connectivity index (χ1n) is 6.28. The number of anilines is 1. The van der Waals surface area contributed by atoms with E-state index in [1.54, 1.807) is 0 Å². The van der Waals surface area contributed by atoms with E-state index in [-0.39, 0.29) is 0 Å². The maximum Gasteiger partial charge on any atom is 0.117 e. The van der Waals surface area contributed by atoms with Crippen LogP contribution in [0.2, 0.25) is 0 Å². The molecular weight excluding hydrogens is 363 g/mol. The zero-order chi connectivity index (χ0) is 13.8. The van der Waals surface area contributed by atoms with E-state index in [9.17, 15) is 0 Å². The molecule has 1 aromatic heterocycles. The molecule has 0 spiro atoms. The average molecular weight is 376 g/mol. The van der Waals surface area contributed by atoms with Crippen molar-refractivity contribution in [2.75, 3.05) is 5.32 Å². The van der Waals surface area contributed by atoms with Crippen molar-refractivity contribution < 1.29 is 0 Å². The van der Waals surface area contributed by atoms with Crippen LogP contribution in [0.3, 0.4) is 0 Å². The lowest BCUT2D eigenvalue weighted by Crippen LogP contribution is -2.02. The summed E-state index contributed by atoms with van der Waals surface area (Å²) in [5.41, 5.74) is 3.98. The summed E-state index contributed by atoms with van der Waals surface area (Å²) in [5.74, 6) is 0. The summed E-state index contributed by atoms with van der Waals surface area (Å²) in [6.07, 6.45) is 0. The molecule has 0 saturated carbocycles. The van der Waals surface area contributed by atoms with E-state index in [0.717, 1.165) is 22.6 Å². The van der Waals surface area contributed by atoms with Gasteiger partial charge in [-0.15, -0.1) is 0 Å². The highest BCUT2D eigenvalue weighted by atomic mass is 127. The second-order valence-electron chi connectivity index (χ2n) is 4.32. The van der Waals surface area contributed by atoms with Crippen LogP contribution in [0.15, 0.2) is 54.6 Å². The summed E-state index contributed by atoms with van der Waals surface area (Å²) in [6, 6.07) is 18.2. The Morgan fingerprint density at radius 3 is 2.50 bits per heavy atom. The number of benzene rings is 2. The van der Waals surface area contributed by atoms with Crippen LogP contribution in [0.25, 0.3) is 11.3 Å². The van der Waals surface area contributed by atoms with Crippen LogP contribution in [0, 0.1) is 3.57 Å². The molecule has 3 rings (SSSR count). The van der Waals surface area contributed by atoms with Crippen molar-refractivity contribution in [2.24, 2.45) is 0 Å². The predicted molar refractivity (Wildman–Crippen MR) is 88.3 cm³/mol. The van der Waals surface area contributed by atoms with Crippen molar-refractivity contribution in [3.05, 3.63) is 63.9 Å². The van der Waals surface area contributed by atoms with E-state index in [1.807, 2.05) is 42.5 Å². The van der Waals surface area contributed by atoms with E-state index in [0.29, 0.717) is 6.54 Å². The lowest BCUT2D eigenvalue weighted by molar-refractivity contribution is 0.911. The van der Waals surface area contributed by atoms with Crippen LogP contribution >= 0.6 is 22.6 Å². The third kappa shape index (κ3) is 2.82. The number of aromatic nitrogens is 3. The Morgan fingerprint density at radius 2 is 1.70 bits per heavy atom. The van der Waals surface area contributed by atoms with Gasteiger partial charge >= 0.3 is 0 Å². The number of nitrogens with zero attached hydrogens (tertiary/aromatic N) is 2. The van der Waals surface area contributed by atoms with Gasteiger partial charge in [-0.1, -0.05) is 42.5 Å². The molecule has 5 heteroatoms. The minimum absolute atomic E-state index is 0.640. The van der Waals surface area contributed by atoms with Crippen molar-refractivity contribution in [3.8, 4) is 11.3 Å². The minimum Gasteiger partial charge on any atom is -0.378 e. The van der Waals surface area contributed by atoms with Crippen molar-refractivity contribution in [3.63, 3.8) is 0 Å². The van der Waals surface area contributed by atoms with Crippen molar-refractivity contribution in [1.82, 2.24) is 15.4 Å². The van der Waals surface area contributed by atoms with Crippen LogP contribution in [-0.4, -0.2) is 15.4 Å². The summed E-state index contributed by atoms with van der Waals surface area (Å²) in [6.45, 7) is 0.640. The van der Waals surface area contributed by atoms with Crippen LogP contribution in [-0.2, 0) is 6.54 Å². The van der Waals surface area contributed by atoms with Gasteiger partial charge in [0.2, 0.25) is 0 Å². The molecule has 0 atom stereocenters. The number of hydrogen-bond donors (Lipinski definition) is 2. The van der Waals surface area contributed by atoms with E-state index in [1.165, 1.54) is 3.57 Å². The fraction of sp³-hybridized carbons (Fsp3) is 0.0667. The SMILES string of the molecule is Ic1ccccc1NCc1n[nH]nc1-c1ccccc1. The van der Waals surface area contributed by atoms with Gasteiger partial charge in [0.05, 0.1) is 6.54 Å². The van der Waals surface area contributed by atoms with Gasteiger partial charge < -0.3 is 5.32 Å². The number of nitrogens with one attached hydrogen (secondary N) is 2. The first-order valence-corrected chi connectivity index (χ1v) is 7.36. The highest BCUT2D eigenvalue weighted by Gasteiger charge is 2.10. The smallest absolute Gasteiger partial charge is 0.117 e. The Kier molecular flexibility index (Phi) is 3.96. The fourth-order valence-electron chi connectivity index (χ4n) is 1.99. The minimum atomic E-state index is 0.640. The van der Waals surface area contributed by atoms with E-state index >= 15 is 0 Å². The molecule has 2 aromatic carbocycles. The molecule has 0 fully saturated rings. The van der Waals surface area contributed by atoms with Crippen molar-refractivity contribution in [2.45, 2.75) is 6.54 Å². The maximum absolute atomic E-state index is 4.24. The lowest BCUT2D eigenvalue weighted by atomic mass is 10.1. The van der Waals surface area contributed by atoms with Crippen molar-refractivity contribution in [1.29, 1.82) is 0 Å². The molecule has 0 radical (unpaired) electrons. The Morgan fingerprint density at radius 1 is 0.950 bits per heavy atom. The molecular formula is C15H13IN4. The fourth-order valence-corrected chi connectivity index (χ4v) is 2.56. The third-order valence-electron chi connectivity index (χ3n) is 2.99. The molecule has 0 bridgehead atoms. The second-order valence-corrected chi connectivity index (χ2v) is 5.48. The molecule has 3 aromatic rings. The topological polar surface area (TPSA) is 53.6 Å². The summed E-state index contributed by atoms with van der Waals surface area (Å²) >= 11 is 2.32. The molecule has 4 nitrogen and oxygen atoms in total. The lowest BCUT2D eigenvalue weighted by Gasteiger charge is -2.07. The molecule has 0 aliphatic carbocycles. The monoisotopic (exact) mass is 376 g/mol. The standard InChI is InChI=1S/C15H13IN4/c16-12-8-4-5-9-13(12)17-10-14-15(19-20-18-14)11-6-2-1-3-7-11/h1-9,17H,10H2,(H,18,19,20). The Labute approximate surface area is 130 Å². The van der Waals surface area contributed by atoms with Crippen molar-refractivity contribution >= 4 is 28.3 Å². The first-order chi connectivity index (χ1) is 9.84. The number of hydrogen-bond acceptors (Lipinski definition) is 3. The second kappa shape index (κ2) is 6.04. The normalized spacial score (nSPS) is 10.4. The Bertz CT molecular complexity index is 694. The highest BCUT2D eigenvalue weighted by Crippen LogP contribution is 2.21. The summed E-state index contributed by atoms with van der Waals surface area (Å²) in [4.78, 5) is 0. The number of halogens is 1. The molecule has 1 heterocycles. The molecule has 100 valence electrons. The largest absolute Gasteiger partial charge is 0.378 e. The van der Waals surface area contributed by atoms with E-state index in [2.05, 4.69) is 55.5 Å². The molecule has 2 N–H and O–H groups in total. The van der Waals surface area contributed by atoms with Gasteiger partial charge in [-0.2, -0.15) is 15.4 Å². The van der Waals surface area contributed by atoms with Crippen LogP contribution in [0.1, 0.15) is 5.69 Å². The van der Waals surface area contributed by atoms with Gasteiger partial charge in [-0.25, -0.2) is 0 Å². The summed E-state index contributed by atoms with van der Waals surface area (Å²) in [7, 11) is 0. The zero-order valence-electron chi connectivity index (χ0n) is 10.7. The summed E-state index contributed by atoms with van der Waals surface area (Å²) in [5, 5.41) is 14.6. The number of aromatic amines is 1. The van der Waals surface area contributed by atoms with Gasteiger partial charge in [0, 0.05) is 14.8 Å². The number of para-hydroxylation sites is 1. The third-order valence-corrected chi connectivity index (χ3v) is 3.93. The van der Waals surface area contributed by atoms with Gasteiger partial charge in [0.1, 0.15) is 11.4 Å². The molecule has 20 heavy (non-hydrogen) atoms. The number of H-pyrrole nitrogens is 1. The molecule has 0 saturated heterocycles. The van der Waals surface area contributed by atoms with Gasteiger partial charge in [0.15, 0.2) is 0 Å². The average Bonchev–Trinajstić information content (AvgIpc) is 2.96. The van der Waals surface area contributed by atoms with Gasteiger partial charge in [-0.05, 0) is 34.7 Å². The molecule has 0 aliphatic heterocycles. The van der Waals surface area contributed by atoms with E-state index < -0.39 is 0 Å². The molecule has 0 amide bonds. The van der Waals surface area contributed by atoms with Gasteiger partial charge in [-0.3, -0.25) is 0 Å². The van der Waals surface area contributed by atoms with Crippen LogP contribution < -0.4 is 5.32 Å².